The summed E-state index contributed by atoms with van der Waals surface area (Å²) in [5, 5.41) is 11.6. The van der Waals surface area contributed by atoms with Crippen molar-refractivity contribution >= 4 is 10.9 Å². The lowest BCUT2D eigenvalue weighted by molar-refractivity contribution is 0.0990. The van der Waals surface area contributed by atoms with Crippen LogP contribution in [0.3, 0.4) is 0 Å². The minimum Gasteiger partial charge on any atom is -0.388 e. The molecule has 1 heterocycles. The van der Waals surface area contributed by atoms with Crippen LogP contribution in [0.2, 0.25) is 0 Å². The van der Waals surface area contributed by atoms with Crippen LogP contribution in [0.4, 0.5) is 0 Å². The van der Waals surface area contributed by atoms with E-state index in [2.05, 4.69) is 24.9 Å². The molecule has 0 radical (unpaired) electrons. The first-order valence-corrected chi connectivity index (χ1v) is 7.29. The second-order valence-electron chi connectivity index (χ2n) is 5.21. The van der Waals surface area contributed by atoms with Gasteiger partial charge in [0.15, 0.2) is 0 Å². The maximum absolute atomic E-state index is 10.5. The molecule has 0 spiro atoms. The third-order valence-corrected chi connectivity index (χ3v) is 3.87. The Morgan fingerprint density at radius 2 is 2.05 bits per heavy atom. The van der Waals surface area contributed by atoms with Crippen LogP contribution in [0.15, 0.2) is 36.5 Å². The Bertz CT molecular complexity index is 523. The van der Waals surface area contributed by atoms with Crippen molar-refractivity contribution in [2.45, 2.75) is 45.6 Å². The lowest BCUT2D eigenvalue weighted by Crippen LogP contribution is -2.12. The number of aromatic nitrogens is 1. The summed E-state index contributed by atoms with van der Waals surface area (Å²) in [6, 6.07) is 10.1. The largest absolute Gasteiger partial charge is 0.388 e. The number of benzene rings is 1. The molecule has 2 unspecified atom stereocenters. The Morgan fingerprint density at radius 1 is 1.21 bits per heavy atom. The second kappa shape index (κ2) is 6.67. The maximum Gasteiger partial charge on any atom is 0.0818 e. The molecule has 1 aromatic heterocycles. The molecule has 1 N–H and O–H groups in total. The number of hydrogen-bond donors (Lipinski definition) is 1. The molecule has 0 fully saturated rings. The van der Waals surface area contributed by atoms with Gasteiger partial charge < -0.3 is 5.11 Å². The molecule has 0 saturated carbocycles. The van der Waals surface area contributed by atoms with Crippen LogP contribution in [0, 0.1) is 5.92 Å². The first kappa shape index (κ1) is 14.0. The second-order valence-corrected chi connectivity index (χ2v) is 5.21. The van der Waals surface area contributed by atoms with Crippen molar-refractivity contribution in [2.75, 3.05) is 0 Å². The SMILES string of the molecule is CCCCC(CC)C(O)c1ccc2ncccc2c1. The topological polar surface area (TPSA) is 33.1 Å². The van der Waals surface area contributed by atoms with E-state index in [0.29, 0.717) is 5.92 Å². The molecule has 1 aromatic carbocycles. The van der Waals surface area contributed by atoms with Gasteiger partial charge in [-0.15, -0.1) is 0 Å². The Balaban J connectivity index is 2.21. The van der Waals surface area contributed by atoms with E-state index >= 15 is 0 Å². The van der Waals surface area contributed by atoms with Gasteiger partial charge in [0.1, 0.15) is 0 Å². The van der Waals surface area contributed by atoms with E-state index in [-0.39, 0.29) is 6.10 Å². The Labute approximate surface area is 115 Å². The number of hydrogen-bond acceptors (Lipinski definition) is 2. The predicted octanol–water partition coefficient (Wildman–Crippen LogP) is 4.48. The van der Waals surface area contributed by atoms with Crippen molar-refractivity contribution in [3.63, 3.8) is 0 Å². The van der Waals surface area contributed by atoms with E-state index in [0.717, 1.165) is 29.3 Å². The van der Waals surface area contributed by atoms with Crippen LogP contribution in [-0.4, -0.2) is 10.1 Å². The lowest BCUT2D eigenvalue weighted by atomic mass is 9.88. The van der Waals surface area contributed by atoms with Crippen LogP contribution in [0.25, 0.3) is 10.9 Å². The minimum atomic E-state index is -0.360. The molecule has 2 atom stereocenters. The molecular weight excluding hydrogens is 234 g/mol. The molecule has 0 bridgehead atoms. The highest BCUT2D eigenvalue weighted by Crippen LogP contribution is 2.30. The van der Waals surface area contributed by atoms with Crippen LogP contribution >= 0.6 is 0 Å². The predicted molar refractivity (Wildman–Crippen MR) is 80.0 cm³/mol. The van der Waals surface area contributed by atoms with Gasteiger partial charge in [0.2, 0.25) is 0 Å². The van der Waals surface area contributed by atoms with Crippen molar-refractivity contribution in [2.24, 2.45) is 5.92 Å². The number of pyridine rings is 1. The molecule has 2 aromatic rings. The Morgan fingerprint density at radius 3 is 2.79 bits per heavy atom. The molecule has 0 amide bonds. The molecule has 2 heteroatoms. The zero-order chi connectivity index (χ0) is 13.7. The van der Waals surface area contributed by atoms with Gasteiger partial charge >= 0.3 is 0 Å². The average molecular weight is 257 g/mol. The van der Waals surface area contributed by atoms with Crippen molar-refractivity contribution in [3.05, 3.63) is 42.1 Å². The fourth-order valence-corrected chi connectivity index (χ4v) is 2.60. The number of rotatable bonds is 6. The molecule has 0 aliphatic carbocycles. The highest BCUT2D eigenvalue weighted by atomic mass is 16.3. The normalized spacial score (nSPS) is 14.5. The van der Waals surface area contributed by atoms with Gasteiger partial charge in [0.25, 0.3) is 0 Å². The van der Waals surface area contributed by atoms with Crippen LogP contribution in [0.5, 0.6) is 0 Å². The van der Waals surface area contributed by atoms with Gasteiger partial charge in [-0.3, -0.25) is 4.98 Å². The minimum absolute atomic E-state index is 0.356. The van der Waals surface area contributed by atoms with Gasteiger partial charge in [0.05, 0.1) is 11.6 Å². The summed E-state index contributed by atoms with van der Waals surface area (Å²) in [7, 11) is 0. The van der Waals surface area contributed by atoms with Crippen LogP contribution < -0.4 is 0 Å². The zero-order valence-corrected chi connectivity index (χ0v) is 11.8. The third kappa shape index (κ3) is 3.32. The summed E-state index contributed by atoms with van der Waals surface area (Å²) in [5.41, 5.74) is 2.00. The average Bonchev–Trinajstić information content (AvgIpc) is 2.47. The molecule has 0 aliphatic heterocycles. The molecule has 0 aliphatic rings. The lowest BCUT2D eigenvalue weighted by Gasteiger charge is -2.22. The quantitative estimate of drug-likeness (QED) is 0.827. The van der Waals surface area contributed by atoms with Gasteiger partial charge in [-0.25, -0.2) is 0 Å². The number of unbranched alkanes of at least 4 members (excludes halogenated alkanes) is 1. The highest BCUT2D eigenvalue weighted by molar-refractivity contribution is 5.79. The molecular formula is C17H23NO. The van der Waals surface area contributed by atoms with Crippen molar-refractivity contribution < 1.29 is 5.11 Å². The van der Waals surface area contributed by atoms with E-state index in [4.69, 9.17) is 0 Å². The fraction of sp³-hybridized carbons (Fsp3) is 0.471. The standard InChI is InChI=1S/C17H23NO/c1-3-5-7-13(4-2)17(19)15-9-10-16-14(12-15)8-6-11-18-16/h6,8-13,17,19H,3-5,7H2,1-2H3. The summed E-state index contributed by atoms with van der Waals surface area (Å²) in [6.45, 7) is 4.35. The molecule has 102 valence electrons. The summed E-state index contributed by atoms with van der Waals surface area (Å²) in [5.74, 6) is 0.356. The maximum atomic E-state index is 10.5. The van der Waals surface area contributed by atoms with Crippen LogP contribution in [-0.2, 0) is 0 Å². The number of fused-ring (bicyclic) bond motifs is 1. The van der Waals surface area contributed by atoms with Crippen molar-refractivity contribution in [1.29, 1.82) is 0 Å². The van der Waals surface area contributed by atoms with Crippen LogP contribution in [0.1, 0.15) is 51.2 Å². The highest BCUT2D eigenvalue weighted by Gasteiger charge is 2.18. The molecule has 19 heavy (non-hydrogen) atoms. The first-order valence-electron chi connectivity index (χ1n) is 7.29. The van der Waals surface area contributed by atoms with Gasteiger partial charge in [0, 0.05) is 11.6 Å². The Kier molecular flexibility index (Phi) is 4.92. The fourth-order valence-electron chi connectivity index (χ4n) is 2.60. The summed E-state index contributed by atoms with van der Waals surface area (Å²) in [4.78, 5) is 4.31. The third-order valence-electron chi connectivity index (χ3n) is 3.87. The molecule has 2 rings (SSSR count). The van der Waals surface area contributed by atoms with E-state index in [9.17, 15) is 5.11 Å². The van der Waals surface area contributed by atoms with E-state index < -0.39 is 0 Å². The number of nitrogens with zero attached hydrogens (tertiary/aromatic N) is 1. The van der Waals surface area contributed by atoms with E-state index in [1.165, 1.54) is 12.8 Å². The van der Waals surface area contributed by atoms with E-state index in [1.807, 2.05) is 24.3 Å². The van der Waals surface area contributed by atoms with Crippen molar-refractivity contribution in [1.82, 2.24) is 4.98 Å². The van der Waals surface area contributed by atoms with E-state index in [1.54, 1.807) is 6.20 Å². The Hall–Kier alpha value is -1.41. The number of aliphatic hydroxyl groups excluding tert-OH is 1. The van der Waals surface area contributed by atoms with Gasteiger partial charge in [-0.05, 0) is 36.1 Å². The summed E-state index contributed by atoms with van der Waals surface area (Å²) in [6.07, 6.45) is 5.93. The van der Waals surface area contributed by atoms with Gasteiger partial charge in [-0.1, -0.05) is 45.2 Å². The summed E-state index contributed by atoms with van der Waals surface area (Å²) < 4.78 is 0. The van der Waals surface area contributed by atoms with Gasteiger partial charge in [-0.2, -0.15) is 0 Å². The zero-order valence-electron chi connectivity index (χ0n) is 11.8. The summed E-state index contributed by atoms with van der Waals surface area (Å²) >= 11 is 0. The van der Waals surface area contributed by atoms with Crippen molar-refractivity contribution in [3.8, 4) is 0 Å². The molecule has 0 saturated heterocycles. The monoisotopic (exact) mass is 257 g/mol. The number of aliphatic hydroxyl groups is 1. The first-order chi connectivity index (χ1) is 9.26. The molecule has 2 nitrogen and oxygen atoms in total. The smallest absolute Gasteiger partial charge is 0.0818 e.